The van der Waals surface area contributed by atoms with E-state index in [1.54, 1.807) is 22.9 Å². The number of aryl methyl sites for hydroxylation is 1. The maximum absolute atomic E-state index is 10.0. The van der Waals surface area contributed by atoms with Gasteiger partial charge in [0.1, 0.15) is 29.0 Å². The lowest BCUT2D eigenvalue weighted by Gasteiger charge is -2.17. The van der Waals surface area contributed by atoms with Crippen LogP contribution < -0.4 is 5.32 Å². The van der Waals surface area contributed by atoms with Gasteiger partial charge >= 0.3 is 0 Å². The molecule has 0 saturated heterocycles. The first-order valence-corrected chi connectivity index (χ1v) is 9.99. The van der Waals surface area contributed by atoms with Gasteiger partial charge in [0.2, 0.25) is 0 Å². The van der Waals surface area contributed by atoms with Crippen molar-refractivity contribution in [1.82, 2.24) is 9.61 Å². The maximum atomic E-state index is 10.0. The molecule has 0 amide bonds. The molecule has 1 atom stereocenters. The van der Waals surface area contributed by atoms with E-state index in [4.69, 9.17) is 5.41 Å². The molecule has 2 aromatic heterocycles. The topological polar surface area (TPSA) is 101 Å². The number of nitriles is 2. The normalized spacial score (nSPS) is 11.7. The molecule has 0 fully saturated rings. The number of pyridine rings is 1. The van der Waals surface area contributed by atoms with Gasteiger partial charge in [0.15, 0.2) is 0 Å². The fraction of sp³-hybridized carbons (Fsp3) is 0.130. The van der Waals surface area contributed by atoms with Crippen LogP contribution in [-0.2, 0) is 0 Å². The zero-order chi connectivity index (χ0) is 21.7. The van der Waals surface area contributed by atoms with Crippen LogP contribution in [0.2, 0.25) is 0 Å². The van der Waals surface area contributed by atoms with Crippen LogP contribution in [0, 0.1) is 40.9 Å². The van der Waals surface area contributed by atoms with E-state index in [1.165, 1.54) is 6.21 Å². The minimum absolute atomic E-state index is 0.193. The Balaban J connectivity index is 2.27. The highest BCUT2D eigenvalue weighted by Crippen LogP contribution is 2.37. The summed E-state index contributed by atoms with van der Waals surface area (Å²) in [6.45, 7) is 6.02. The molecule has 3 rings (SSSR count). The average Bonchev–Trinajstić information content (AvgIpc) is 3.15. The van der Waals surface area contributed by atoms with E-state index in [0.717, 1.165) is 11.1 Å². The number of halogens is 1. The minimum atomic E-state index is -0.193. The van der Waals surface area contributed by atoms with Gasteiger partial charge in [-0.25, -0.2) is 4.52 Å². The number of fused-ring (bicyclic) bond motifs is 1. The van der Waals surface area contributed by atoms with E-state index < -0.39 is 0 Å². The lowest BCUT2D eigenvalue weighted by atomic mass is 9.94. The summed E-state index contributed by atoms with van der Waals surface area (Å²) in [7, 11) is 0. The number of hydrogen-bond donors (Lipinski definition) is 2. The van der Waals surface area contributed by atoms with Crippen molar-refractivity contribution < 1.29 is 0 Å². The number of hydrogen-bond acceptors (Lipinski definition) is 5. The van der Waals surface area contributed by atoms with Gasteiger partial charge in [-0.2, -0.15) is 15.6 Å². The molecule has 6 nitrogen and oxygen atoms in total. The van der Waals surface area contributed by atoms with Crippen molar-refractivity contribution in [2.75, 3.05) is 11.9 Å². The maximum Gasteiger partial charge on any atom is 0.146 e. The summed E-state index contributed by atoms with van der Waals surface area (Å²) in [5.74, 6) is 0.286. The molecule has 0 spiro atoms. The molecule has 0 aliphatic carbocycles. The van der Waals surface area contributed by atoms with Gasteiger partial charge in [-0.05, 0) is 28.4 Å². The Labute approximate surface area is 183 Å². The third-order valence-electron chi connectivity index (χ3n) is 4.69. The molecule has 0 aliphatic rings. The molecule has 148 valence electrons. The standard InChI is InChI=1S/C23H19BrN6/c1-3-4-5-16(10-25)13-28-23-19(12-27)21(17-8-6-15(2)7-9-17)18(11-26)22-20(24)14-29-30(22)23/h3-10,14,16,25,28H,1,13H2,2H3. The lowest BCUT2D eigenvalue weighted by Crippen LogP contribution is -2.17. The second kappa shape index (κ2) is 9.21. The summed E-state index contributed by atoms with van der Waals surface area (Å²) in [5.41, 5.74) is 3.72. The van der Waals surface area contributed by atoms with Crippen LogP contribution in [0.3, 0.4) is 0 Å². The van der Waals surface area contributed by atoms with Crippen LogP contribution >= 0.6 is 15.9 Å². The van der Waals surface area contributed by atoms with Crippen LogP contribution in [0.4, 0.5) is 5.82 Å². The Hall–Kier alpha value is -3.68. The highest BCUT2D eigenvalue weighted by molar-refractivity contribution is 9.10. The van der Waals surface area contributed by atoms with Gasteiger partial charge in [-0.3, -0.25) is 0 Å². The highest BCUT2D eigenvalue weighted by atomic mass is 79.9. The molecule has 2 heterocycles. The first-order valence-electron chi connectivity index (χ1n) is 9.19. The number of nitrogens with one attached hydrogen (secondary N) is 2. The van der Waals surface area contributed by atoms with E-state index in [9.17, 15) is 10.5 Å². The Morgan fingerprint density at radius 3 is 2.57 bits per heavy atom. The van der Waals surface area contributed by atoms with E-state index in [-0.39, 0.29) is 5.92 Å². The third kappa shape index (κ3) is 3.89. The van der Waals surface area contributed by atoms with E-state index in [1.807, 2.05) is 37.3 Å². The number of aromatic nitrogens is 2. The molecule has 2 N–H and O–H groups in total. The van der Waals surface area contributed by atoms with Crippen LogP contribution in [0.25, 0.3) is 16.6 Å². The summed E-state index contributed by atoms with van der Waals surface area (Å²) >= 11 is 3.48. The van der Waals surface area contributed by atoms with Gasteiger partial charge < -0.3 is 10.7 Å². The number of nitrogens with zero attached hydrogens (tertiary/aromatic N) is 4. The summed E-state index contributed by atoms with van der Waals surface area (Å²) in [4.78, 5) is 0. The van der Waals surface area contributed by atoms with Crippen molar-refractivity contribution in [2.24, 2.45) is 5.92 Å². The first-order chi connectivity index (χ1) is 14.5. The number of anilines is 1. The largest absolute Gasteiger partial charge is 0.368 e. The molecule has 1 unspecified atom stereocenters. The van der Waals surface area contributed by atoms with Crippen LogP contribution in [0.5, 0.6) is 0 Å². The van der Waals surface area contributed by atoms with Crippen molar-refractivity contribution in [3.8, 4) is 23.3 Å². The highest BCUT2D eigenvalue weighted by Gasteiger charge is 2.23. The Bertz CT molecular complexity index is 1220. The molecular formula is C23H19BrN6. The van der Waals surface area contributed by atoms with Gasteiger partial charge in [0.25, 0.3) is 0 Å². The Kier molecular flexibility index (Phi) is 6.46. The van der Waals surface area contributed by atoms with Crippen molar-refractivity contribution in [3.63, 3.8) is 0 Å². The molecule has 0 aliphatic heterocycles. The average molecular weight is 459 g/mol. The predicted molar refractivity (Wildman–Crippen MR) is 123 cm³/mol. The second-order valence-electron chi connectivity index (χ2n) is 6.65. The SMILES string of the molecule is C=CC=CC(C=N)CNc1c(C#N)c(-c2ccc(C)cc2)c(C#N)c2c(Br)cnn12. The molecule has 7 heteroatoms. The molecule has 0 bridgehead atoms. The van der Waals surface area contributed by atoms with Gasteiger partial charge in [0, 0.05) is 24.2 Å². The van der Waals surface area contributed by atoms with E-state index >= 15 is 0 Å². The van der Waals surface area contributed by atoms with Gasteiger partial charge in [0.05, 0.1) is 16.2 Å². The predicted octanol–water partition coefficient (Wildman–Crippen LogP) is 5.24. The van der Waals surface area contributed by atoms with Gasteiger partial charge in [-0.1, -0.05) is 54.6 Å². The summed E-state index contributed by atoms with van der Waals surface area (Å²) in [6.07, 6.45) is 8.20. The van der Waals surface area contributed by atoms with Crippen molar-refractivity contribution in [3.05, 3.63) is 76.4 Å². The monoisotopic (exact) mass is 458 g/mol. The fourth-order valence-corrected chi connectivity index (χ4v) is 3.66. The third-order valence-corrected chi connectivity index (χ3v) is 5.27. The first kappa shape index (κ1) is 21.0. The molecule has 0 saturated carbocycles. The lowest BCUT2D eigenvalue weighted by molar-refractivity contribution is 0.880. The van der Waals surface area contributed by atoms with E-state index in [2.05, 4.69) is 45.1 Å². The number of rotatable bonds is 7. The second-order valence-corrected chi connectivity index (χ2v) is 7.50. The molecule has 1 aromatic carbocycles. The van der Waals surface area contributed by atoms with Crippen molar-refractivity contribution in [2.45, 2.75) is 6.92 Å². The van der Waals surface area contributed by atoms with Crippen LogP contribution in [-0.4, -0.2) is 22.4 Å². The smallest absolute Gasteiger partial charge is 0.146 e. The number of allylic oxidation sites excluding steroid dienone is 2. The Morgan fingerprint density at radius 2 is 1.97 bits per heavy atom. The molecule has 0 radical (unpaired) electrons. The quantitative estimate of drug-likeness (QED) is 0.373. The Morgan fingerprint density at radius 1 is 1.27 bits per heavy atom. The van der Waals surface area contributed by atoms with Crippen LogP contribution in [0.1, 0.15) is 16.7 Å². The molecule has 3 aromatic rings. The fourth-order valence-electron chi connectivity index (χ4n) is 3.20. The summed E-state index contributed by atoms with van der Waals surface area (Å²) in [5, 5.41) is 35.3. The van der Waals surface area contributed by atoms with Crippen molar-refractivity contribution >= 4 is 33.5 Å². The van der Waals surface area contributed by atoms with Gasteiger partial charge in [-0.15, -0.1) is 0 Å². The zero-order valence-corrected chi connectivity index (χ0v) is 17.9. The zero-order valence-electron chi connectivity index (χ0n) is 16.4. The minimum Gasteiger partial charge on any atom is -0.368 e. The summed E-state index contributed by atoms with van der Waals surface area (Å²) in [6, 6.07) is 12.2. The molecule has 30 heavy (non-hydrogen) atoms. The van der Waals surface area contributed by atoms with Crippen LogP contribution in [0.15, 0.2) is 59.7 Å². The van der Waals surface area contributed by atoms with Crippen molar-refractivity contribution in [1.29, 1.82) is 15.9 Å². The molecular weight excluding hydrogens is 440 g/mol. The summed E-state index contributed by atoms with van der Waals surface area (Å²) < 4.78 is 2.23. The van der Waals surface area contributed by atoms with E-state index in [0.29, 0.717) is 39.0 Å². The number of benzene rings is 1.